The van der Waals surface area contributed by atoms with Gasteiger partial charge in [-0.25, -0.2) is 10.6 Å². The lowest BCUT2D eigenvalue weighted by Crippen LogP contribution is -2.10. The maximum absolute atomic E-state index is 6.13. The monoisotopic (exact) mass is 407 g/mol. The van der Waals surface area contributed by atoms with Crippen LogP contribution in [-0.2, 0) is 0 Å². The van der Waals surface area contributed by atoms with Crippen molar-refractivity contribution in [1.82, 2.24) is 14.9 Å². The van der Waals surface area contributed by atoms with Crippen LogP contribution in [0.25, 0.3) is 11.4 Å². The number of benzene rings is 2. The maximum atomic E-state index is 6.13. The number of H-pyrrole nitrogens is 1. The predicted octanol–water partition coefficient (Wildman–Crippen LogP) is 4.89. The number of hydrogen-bond donors (Lipinski definition) is 2. The van der Waals surface area contributed by atoms with Crippen LogP contribution in [0.5, 0.6) is 5.75 Å². The largest absolute Gasteiger partial charge is 0.494 e. The first kappa shape index (κ1) is 18.4. The van der Waals surface area contributed by atoms with Crippen LogP contribution < -0.4 is 10.3 Å². The third kappa shape index (κ3) is 4.24. The molecule has 3 aromatic rings. The molecule has 2 aromatic carbocycles. The van der Waals surface area contributed by atoms with Crippen molar-refractivity contribution in [2.24, 2.45) is 5.10 Å². The summed E-state index contributed by atoms with van der Waals surface area (Å²) in [6.45, 7) is 2.55. The van der Waals surface area contributed by atoms with Gasteiger partial charge in [0.25, 0.3) is 0 Å². The normalized spacial score (nSPS) is 11.0. The van der Waals surface area contributed by atoms with Crippen molar-refractivity contribution in [1.29, 1.82) is 0 Å². The van der Waals surface area contributed by atoms with Crippen LogP contribution in [0.2, 0.25) is 10.0 Å². The van der Waals surface area contributed by atoms with E-state index in [0.29, 0.717) is 27.2 Å². The van der Waals surface area contributed by atoms with E-state index in [0.717, 1.165) is 16.9 Å². The fourth-order valence-electron chi connectivity index (χ4n) is 2.21. The first-order valence-corrected chi connectivity index (χ1v) is 8.89. The van der Waals surface area contributed by atoms with Gasteiger partial charge in [-0.1, -0.05) is 29.3 Å². The minimum absolute atomic E-state index is 0.383. The van der Waals surface area contributed by atoms with Gasteiger partial charge in [0.05, 0.1) is 17.8 Å². The number of nitrogens with one attached hydrogen (secondary N) is 2. The fourth-order valence-corrected chi connectivity index (χ4v) is 2.84. The van der Waals surface area contributed by atoms with E-state index in [1.807, 2.05) is 31.2 Å². The second-order valence-corrected chi connectivity index (χ2v) is 6.40. The number of hydrazone groups is 1. The van der Waals surface area contributed by atoms with Gasteiger partial charge in [0.2, 0.25) is 4.77 Å². The number of aromatic nitrogens is 3. The molecule has 3 rings (SSSR count). The average Bonchev–Trinajstić information content (AvgIpc) is 2.99. The van der Waals surface area contributed by atoms with E-state index in [-0.39, 0.29) is 0 Å². The van der Waals surface area contributed by atoms with Gasteiger partial charge in [-0.05, 0) is 55.5 Å². The summed E-state index contributed by atoms with van der Waals surface area (Å²) in [5, 5.41) is 12.2. The van der Waals surface area contributed by atoms with Crippen molar-refractivity contribution in [3.05, 3.63) is 62.8 Å². The van der Waals surface area contributed by atoms with Gasteiger partial charge in [0, 0.05) is 16.1 Å². The third-order valence-corrected chi connectivity index (χ3v) is 4.26. The third-order valence-electron chi connectivity index (χ3n) is 3.42. The molecular weight excluding hydrogens is 393 g/mol. The Bertz CT molecular complexity index is 982. The molecule has 134 valence electrons. The van der Waals surface area contributed by atoms with Crippen molar-refractivity contribution in [3.8, 4) is 17.1 Å². The Kier molecular flexibility index (Phi) is 5.92. The Balaban J connectivity index is 1.81. The molecule has 26 heavy (non-hydrogen) atoms. The van der Waals surface area contributed by atoms with E-state index < -0.39 is 0 Å². The van der Waals surface area contributed by atoms with Gasteiger partial charge in [-0.15, -0.1) is 0 Å². The minimum atomic E-state index is 0.383. The maximum Gasteiger partial charge on any atom is 0.216 e. The number of nitrogens with zero attached hydrogens (tertiary/aromatic N) is 3. The van der Waals surface area contributed by atoms with Crippen molar-refractivity contribution < 1.29 is 4.74 Å². The number of rotatable bonds is 6. The molecule has 6 nitrogen and oxygen atoms in total. The van der Waals surface area contributed by atoms with Crippen molar-refractivity contribution in [2.75, 3.05) is 12.1 Å². The highest BCUT2D eigenvalue weighted by Crippen LogP contribution is 2.21. The summed E-state index contributed by atoms with van der Waals surface area (Å²) in [4.78, 5) is 0. The summed E-state index contributed by atoms with van der Waals surface area (Å²) in [5.41, 5.74) is 4.43. The Hall–Kier alpha value is -2.35. The highest BCUT2D eigenvalue weighted by atomic mass is 35.5. The fraction of sp³-hybridized carbons (Fsp3) is 0.118. The lowest BCUT2D eigenvalue weighted by molar-refractivity contribution is 0.340. The molecule has 0 saturated heterocycles. The molecule has 0 radical (unpaired) electrons. The molecule has 0 aliphatic rings. The first-order chi connectivity index (χ1) is 12.6. The lowest BCUT2D eigenvalue weighted by atomic mass is 10.2. The molecule has 0 fully saturated rings. The lowest BCUT2D eigenvalue weighted by Gasteiger charge is -2.07. The Morgan fingerprint density at radius 2 is 2.04 bits per heavy atom. The summed E-state index contributed by atoms with van der Waals surface area (Å²) in [6.07, 6.45) is 1.58. The Labute approximate surface area is 165 Å². The second kappa shape index (κ2) is 8.35. The van der Waals surface area contributed by atoms with Crippen LogP contribution in [0, 0.1) is 4.77 Å². The van der Waals surface area contributed by atoms with E-state index in [2.05, 4.69) is 20.8 Å². The zero-order valence-electron chi connectivity index (χ0n) is 13.7. The van der Waals surface area contributed by atoms with Crippen molar-refractivity contribution in [3.63, 3.8) is 0 Å². The standard InChI is InChI=1S/C17H15Cl2N5OS/c1-2-25-14-7-4-11(5-8-14)16-21-22-17(26)24(16)23-20-10-12-3-6-13(18)9-15(12)19/h3-10,23H,2H2,1H3,(H,22,26)/b20-10-. The smallest absolute Gasteiger partial charge is 0.216 e. The van der Waals surface area contributed by atoms with Gasteiger partial charge < -0.3 is 4.74 Å². The Morgan fingerprint density at radius 1 is 1.27 bits per heavy atom. The van der Waals surface area contributed by atoms with Crippen LogP contribution in [0.4, 0.5) is 0 Å². The van der Waals surface area contributed by atoms with E-state index >= 15 is 0 Å². The van der Waals surface area contributed by atoms with Crippen LogP contribution in [0.15, 0.2) is 47.6 Å². The van der Waals surface area contributed by atoms with E-state index in [1.165, 1.54) is 0 Å². The van der Waals surface area contributed by atoms with Crippen LogP contribution >= 0.6 is 35.4 Å². The topological polar surface area (TPSA) is 67.2 Å². The quantitative estimate of drug-likeness (QED) is 0.346. The molecule has 2 N–H and O–H groups in total. The van der Waals surface area contributed by atoms with Crippen LogP contribution in [-0.4, -0.2) is 27.7 Å². The van der Waals surface area contributed by atoms with E-state index in [1.54, 1.807) is 29.1 Å². The molecule has 0 spiro atoms. The number of halogens is 2. The van der Waals surface area contributed by atoms with Crippen molar-refractivity contribution >= 4 is 41.6 Å². The molecule has 1 aromatic heterocycles. The Morgan fingerprint density at radius 3 is 2.73 bits per heavy atom. The van der Waals surface area contributed by atoms with Gasteiger partial charge >= 0.3 is 0 Å². The molecule has 0 bridgehead atoms. The van der Waals surface area contributed by atoms with E-state index in [4.69, 9.17) is 40.2 Å². The summed E-state index contributed by atoms with van der Waals surface area (Å²) >= 11 is 17.3. The van der Waals surface area contributed by atoms with Gasteiger partial charge in [0.15, 0.2) is 5.82 Å². The number of aromatic amines is 1. The summed E-state index contributed by atoms with van der Waals surface area (Å²) in [7, 11) is 0. The minimum Gasteiger partial charge on any atom is -0.494 e. The molecular formula is C17H15Cl2N5OS. The first-order valence-electron chi connectivity index (χ1n) is 7.73. The van der Waals surface area contributed by atoms with Crippen molar-refractivity contribution in [2.45, 2.75) is 6.92 Å². The molecule has 0 amide bonds. The number of hydrogen-bond acceptors (Lipinski definition) is 5. The molecule has 9 heteroatoms. The second-order valence-electron chi connectivity index (χ2n) is 5.17. The van der Waals surface area contributed by atoms with Crippen LogP contribution in [0.1, 0.15) is 12.5 Å². The SMILES string of the molecule is CCOc1ccc(-c2n[nH]c(=S)n2N/N=C\c2ccc(Cl)cc2Cl)cc1. The average molecular weight is 408 g/mol. The van der Waals surface area contributed by atoms with Crippen LogP contribution in [0.3, 0.4) is 0 Å². The number of ether oxygens (including phenoxy) is 1. The van der Waals surface area contributed by atoms with Gasteiger partial charge in [-0.2, -0.15) is 14.9 Å². The van der Waals surface area contributed by atoms with Gasteiger partial charge in [-0.3, -0.25) is 0 Å². The summed E-state index contributed by atoms with van der Waals surface area (Å²) < 4.78 is 7.39. The predicted molar refractivity (Wildman–Crippen MR) is 107 cm³/mol. The summed E-state index contributed by atoms with van der Waals surface area (Å²) in [6, 6.07) is 12.7. The molecule has 0 aliphatic heterocycles. The molecule has 0 unspecified atom stereocenters. The molecule has 0 saturated carbocycles. The zero-order valence-corrected chi connectivity index (χ0v) is 16.1. The molecule has 1 heterocycles. The highest BCUT2D eigenvalue weighted by Gasteiger charge is 2.08. The highest BCUT2D eigenvalue weighted by molar-refractivity contribution is 7.71. The summed E-state index contributed by atoms with van der Waals surface area (Å²) in [5.74, 6) is 1.39. The van der Waals surface area contributed by atoms with Gasteiger partial charge in [0.1, 0.15) is 5.75 Å². The molecule has 0 atom stereocenters. The van der Waals surface area contributed by atoms with E-state index in [9.17, 15) is 0 Å². The zero-order chi connectivity index (χ0) is 18.5. The molecule has 0 aliphatic carbocycles.